The lowest BCUT2D eigenvalue weighted by Gasteiger charge is -2.23. The third kappa shape index (κ3) is 3.77. The molecular formula is C17H21BN6. The molecule has 0 atom stereocenters. The van der Waals surface area contributed by atoms with Crippen LogP contribution in [0.3, 0.4) is 0 Å². The summed E-state index contributed by atoms with van der Waals surface area (Å²) in [5.74, 6) is 8.40. The highest BCUT2D eigenvalue weighted by Gasteiger charge is 2.25. The molecule has 6 nitrogen and oxygen atoms in total. The van der Waals surface area contributed by atoms with Gasteiger partial charge in [-0.15, -0.1) is 0 Å². The van der Waals surface area contributed by atoms with Gasteiger partial charge in [-0.2, -0.15) is 9.89 Å². The highest BCUT2D eigenvalue weighted by Crippen LogP contribution is 2.36. The first-order valence-electron chi connectivity index (χ1n) is 8.26. The number of nitriles is 1. The normalized spacial score (nSPS) is 15.7. The largest absolute Gasteiger partial charge is 0.397 e. The van der Waals surface area contributed by atoms with Crippen LogP contribution in [0, 0.1) is 11.2 Å². The van der Waals surface area contributed by atoms with Crippen molar-refractivity contribution < 1.29 is 0 Å². The van der Waals surface area contributed by atoms with Gasteiger partial charge >= 0.3 is 0 Å². The number of nitrogens with two attached hydrogens (primary N) is 2. The van der Waals surface area contributed by atoms with E-state index in [1.165, 1.54) is 10.4 Å². The summed E-state index contributed by atoms with van der Waals surface area (Å²) in [6.07, 6.45) is 10.0. The predicted molar refractivity (Wildman–Crippen MR) is 98.0 cm³/mol. The van der Waals surface area contributed by atoms with Gasteiger partial charge in [-0.3, -0.25) is 4.99 Å². The molecule has 1 aromatic heterocycles. The van der Waals surface area contributed by atoms with Gasteiger partial charge in [-0.05, 0) is 29.2 Å². The van der Waals surface area contributed by atoms with Crippen LogP contribution in [0.1, 0.15) is 29.9 Å². The van der Waals surface area contributed by atoms with Crippen molar-refractivity contribution in [2.75, 3.05) is 11.6 Å². The molecular weight excluding hydrogens is 299 g/mol. The summed E-state index contributed by atoms with van der Waals surface area (Å²) in [4.78, 5) is 5.74. The van der Waals surface area contributed by atoms with E-state index in [-0.39, 0.29) is 6.71 Å². The van der Waals surface area contributed by atoms with Crippen molar-refractivity contribution in [3.8, 4) is 5.97 Å². The number of hydrogen-bond acceptors (Lipinski definition) is 5. The van der Waals surface area contributed by atoms with Crippen LogP contribution in [-0.4, -0.2) is 22.8 Å². The Morgan fingerprint density at radius 2 is 2.21 bits per heavy atom. The maximum Gasteiger partial charge on any atom is 0.267 e. The fourth-order valence-corrected chi connectivity index (χ4v) is 3.23. The predicted octanol–water partition coefficient (Wildman–Crippen LogP) is 2.56. The fraction of sp³-hybridized carbons (Fsp3) is 0.353. The Hall–Kier alpha value is -2.75. The smallest absolute Gasteiger partial charge is 0.267 e. The van der Waals surface area contributed by atoms with Crippen molar-refractivity contribution in [3.05, 3.63) is 41.7 Å². The molecule has 1 fully saturated rings. The summed E-state index contributed by atoms with van der Waals surface area (Å²) in [5.41, 5.74) is 9.90. The molecule has 7 heteroatoms. The number of anilines is 1. The molecule has 1 aromatic carbocycles. The summed E-state index contributed by atoms with van der Waals surface area (Å²) in [6, 6.07) is 6.12. The molecule has 0 aliphatic carbocycles. The van der Waals surface area contributed by atoms with E-state index >= 15 is 0 Å². The van der Waals surface area contributed by atoms with Crippen LogP contribution in [0.4, 0.5) is 11.4 Å². The van der Waals surface area contributed by atoms with Crippen LogP contribution in [0.2, 0.25) is 12.6 Å². The summed E-state index contributed by atoms with van der Waals surface area (Å²) in [7, 11) is 0. The van der Waals surface area contributed by atoms with E-state index in [0.717, 1.165) is 36.7 Å². The molecule has 2 heterocycles. The Morgan fingerprint density at radius 3 is 2.83 bits per heavy atom. The van der Waals surface area contributed by atoms with Gasteiger partial charge in [0.25, 0.3) is 6.71 Å². The maximum atomic E-state index is 9.00. The molecule has 0 spiro atoms. The number of benzene rings is 1. The Bertz CT molecular complexity index is 768. The van der Waals surface area contributed by atoms with Crippen molar-refractivity contribution in [1.29, 1.82) is 5.26 Å². The zero-order valence-electron chi connectivity index (χ0n) is 13.6. The first-order valence-corrected chi connectivity index (χ1v) is 8.26. The molecule has 0 saturated carbocycles. The highest BCUT2D eigenvalue weighted by atomic mass is 15.5. The molecule has 122 valence electrons. The maximum absolute atomic E-state index is 9.00. The van der Waals surface area contributed by atoms with Crippen molar-refractivity contribution >= 4 is 24.3 Å². The molecule has 0 amide bonds. The van der Waals surface area contributed by atoms with E-state index in [2.05, 4.69) is 22.1 Å². The van der Waals surface area contributed by atoms with Crippen molar-refractivity contribution in [2.24, 2.45) is 4.99 Å². The zero-order valence-corrected chi connectivity index (χ0v) is 13.6. The third-order valence-corrected chi connectivity index (χ3v) is 4.65. The summed E-state index contributed by atoms with van der Waals surface area (Å²) in [6.45, 7) is 0.223. The van der Waals surface area contributed by atoms with Gasteiger partial charge < -0.3 is 11.6 Å². The zero-order chi connectivity index (χ0) is 16.9. The second kappa shape index (κ2) is 7.22. The Balaban J connectivity index is 1.63. The third-order valence-electron chi connectivity index (χ3n) is 4.65. The van der Waals surface area contributed by atoms with Gasteiger partial charge in [0.2, 0.25) is 0 Å². The fourth-order valence-electron chi connectivity index (χ4n) is 3.23. The molecule has 1 aliphatic rings. The molecule has 3 rings (SSSR count). The minimum absolute atomic E-state index is 0.223. The van der Waals surface area contributed by atoms with Crippen LogP contribution >= 0.6 is 0 Å². The Kier molecular flexibility index (Phi) is 4.85. The minimum atomic E-state index is 0.223. The summed E-state index contributed by atoms with van der Waals surface area (Å²) >= 11 is 0. The minimum Gasteiger partial charge on any atom is -0.397 e. The van der Waals surface area contributed by atoms with Crippen molar-refractivity contribution in [2.45, 2.75) is 37.8 Å². The van der Waals surface area contributed by atoms with Crippen LogP contribution in [0.25, 0.3) is 0 Å². The first kappa shape index (κ1) is 16.1. The number of nitrogen functional groups attached to an aromatic ring is 2. The van der Waals surface area contributed by atoms with Gasteiger partial charge in [0, 0.05) is 18.6 Å². The second-order valence-corrected chi connectivity index (χ2v) is 6.34. The van der Waals surface area contributed by atoms with Gasteiger partial charge in [0.15, 0.2) is 0 Å². The number of hydrogen-bond donors (Lipinski definition) is 2. The van der Waals surface area contributed by atoms with Crippen molar-refractivity contribution in [3.63, 3.8) is 0 Å². The molecule has 2 aromatic rings. The molecule has 0 bridgehead atoms. The van der Waals surface area contributed by atoms with Crippen LogP contribution < -0.4 is 11.6 Å². The van der Waals surface area contributed by atoms with E-state index in [1.807, 2.05) is 18.3 Å². The van der Waals surface area contributed by atoms with E-state index in [0.29, 0.717) is 18.0 Å². The molecule has 0 radical (unpaired) electrons. The van der Waals surface area contributed by atoms with Crippen LogP contribution in [-0.2, 0) is 6.42 Å². The van der Waals surface area contributed by atoms with Gasteiger partial charge in [-0.1, -0.05) is 31.5 Å². The SMILES string of the molecule is N#CB1CCC(c2ccc(/N=C\Cc3cnn(N)c3)c(N)c2)CC1. The van der Waals surface area contributed by atoms with E-state index in [9.17, 15) is 0 Å². The van der Waals surface area contributed by atoms with Gasteiger partial charge in [-0.25, -0.2) is 5.26 Å². The molecule has 4 N–H and O–H groups in total. The number of aromatic nitrogens is 2. The average Bonchev–Trinajstić information content (AvgIpc) is 3.02. The lowest BCUT2D eigenvalue weighted by Crippen LogP contribution is -2.18. The Morgan fingerprint density at radius 1 is 1.42 bits per heavy atom. The van der Waals surface area contributed by atoms with E-state index in [4.69, 9.17) is 16.8 Å². The first-order chi connectivity index (χ1) is 11.7. The van der Waals surface area contributed by atoms with Crippen LogP contribution in [0.5, 0.6) is 0 Å². The quantitative estimate of drug-likeness (QED) is 0.391. The number of aliphatic imine (C=N–C) groups is 1. The molecule has 24 heavy (non-hydrogen) atoms. The topological polar surface area (TPSA) is 106 Å². The standard InChI is InChI=1S/C17H21BN6/c19-12-18-6-3-14(4-7-18)15-1-2-17(16(20)9-15)22-8-5-13-10-23-24(21)11-13/h1-2,8-11,14H,3-7,20-21H2/b22-8-. The van der Waals surface area contributed by atoms with Crippen LogP contribution in [0.15, 0.2) is 35.6 Å². The lowest BCUT2D eigenvalue weighted by molar-refractivity contribution is 0.611. The molecule has 1 aliphatic heterocycles. The monoisotopic (exact) mass is 320 g/mol. The van der Waals surface area contributed by atoms with E-state index in [1.54, 1.807) is 12.4 Å². The van der Waals surface area contributed by atoms with E-state index < -0.39 is 0 Å². The number of nitrogens with zero attached hydrogens (tertiary/aromatic N) is 4. The molecule has 0 unspecified atom stereocenters. The second-order valence-electron chi connectivity index (χ2n) is 6.34. The lowest BCUT2D eigenvalue weighted by atomic mass is 9.41. The van der Waals surface area contributed by atoms with Gasteiger partial charge in [0.05, 0.1) is 23.8 Å². The number of rotatable bonds is 4. The summed E-state index contributed by atoms with van der Waals surface area (Å²) in [5, 5.41) is 12.9. The van der Waals surface area contributed by atoms with Crippen molar-refractivity contribution in [1.82, 2.24) is 9.89 Å². The summed E-state index contributed by atoms with van der Waals surface area (Å²) < 4.78 is 0. The molecule has 1 saturated heterocycles. The van der Waals surface area contributed by atoms with Gasteiger partial charge in [0.1, 0.15) is 0 Å². The average molecular weight is 320 g/mol. The Labute approximate surface area is 142 Å². The highest BCUT2D eigenvalue weighted by molar-refractivity contribution is 6.67.